The summed E-state index contributed by atoms with van der Waals surface area (Å²) in [6.45, 7) is 5.82. The van der Waals surface area contributed by atoms with E-state index in [1.807, 2.05) is 6.07 Å². The van der Waals surface area contributed by atoms with E-state index in [0.29, 0.717) is 11.7 Å². The molecular weight excluding hydrogens is 270 g/mol. The van der Waals surface area contributed by atoms with Crippen LogP contribution in [-0.4, -0.2) is 30.3 Å². The smallest absolute Gasteiger partial charge is 0.169 e. The number of Topliss-reactive ketones (excluding diaryl/α,β-unsaturated/α-hetero) is 1. The predicted molar refractivity (Wildman–Crippen MR) is 89.3 cm³/mol. The summed E-state index contributed by atoms with van der Waals surface area (Å²) in [5, 5.41) is 0. The quantitative estimate of drug-likeness (QED) is 0.813. The molecule has 3 aliphatic rings. The van der Waals surface area contributed by atoms with Gasteiger partial charge in [0.1, 0.15) is 0 Å². The van der Waals surface area contributed by atoms with E-state index in [1.54, 1.807) is 0 Å². The lowest BCUT2D eigenvalue weighted by atomic mass is 9.62. The lowest BCUT2D eigenvalue weighted by Gasteiger charge is -2.46. The Hall–Kier alpha value is -1.15. The van der Waals surface area contributed by atoms with Crippen LogP contribution >= 0.6 is 0 Å². The van der Waals surface area contributed by atoms with Gasteiger partial charge in [0.2, 0.25) is 0 Å². The zero-order valence-electron chi connectivity index (χ0n) is 13.7. The maximum Gasteiger partial charge on any atom is 0.169 e. The molecule has 2 aliphatic carbocycles. The van der Waals surface area contributed by atoms with Crippen molar-refractivity contribution in [3.05, 3.63) is 35.4 Å². The predicted octanol–water partition coefficient (Wildman–Crippen LogP) is 4.26. The molecule has 118 valence electrons. The van der Waals surface area contributed by atoms with Crippen LogP contribution in [0, 0.1) is 11.3 Å². The molecule has 1 aromatic carbocycles. The molecule has 22 heavy (non-hydrogen) atoms. The van der Waals surface area contributed by atoms with Gasteiger partial charge in [-0.15, -0.1) is 0 Å². The molecule has 1 saturated heterocycles. The van der Waals surface area contributed by atoms with Crippen molar-refractivity contribution in [2.75, 3.05) is 19.6 Å². The third kappa shape index (κ3) is 2.32. The lowest BCUT2D eigenvalue weighted by molar-refractivity contribution is 0.0453. The van der Waals surface area contributed by atoms with Gasteiger partial charge in [-0.05, 0) is 62.6 Å². The minimum atomic E-state index is -0.0656. The summed E-state index contributed by atoms with van der Waals surface area (Å²) < 4.78 is 0. The van der Waals surface area contributed by atoms with E-state index in [-0.39, 0.29) is 5.41 Å². The maximum absolute atomic E-state index is 13.1. The number of likely N-dealkylation sites (tertiary alicyclic amines) is 1. The number of nitrogens with zero attached hydrogens (tertiary/aromatic N) is 1. The molecule has 2 nitrogen and oxygen atoms in total. The van der Waals surface area contributed by atoms with E-state index < -0.39 is 0 Å². The molecule has 2 heteroatoms. The third-order valence-corrected chi connectivity index (χ3v) is 6.47. The number of carbonyl (C=O) groups is 1. The molecule has 0 N–H and O–H groups in total. The van der Waals surface area contributed by atoms with Crippen LogP contribution in [0.2, 0.25) is 0 Å². The second-order valence-electron chi connectivity index (χ2n) is 7.90. The Balaban J connectivity index is 1.50. The van der Waals surface area contributed by atoms with Crippen molar-refractivity contribution in [1.29, 1.82) is 0 Å². The Morgan fingerprint density at radius 1 is 1.18 bits per heavy atom. The van der Waals surface area contributed by atoms with Crippen molar-refractivity contribution in [2.24, 2.45) is 11.3 Å². The van der Waals surface area contributed by atoms with Gasteiger partial charge in [-0.1, -0.05) is 37.6 Å². The van der Waals surface area contributed by atoms with E-state index >= 15 is 0 Å². The average molecular weight is 297 g/mol. The van der Waals surface area contributed by atoms with Crippen LogP contribution < -0.4 is 0 Å². The maximum atomic E-state index is 13.1. The van der Waals surface area contributed by atoms with Gasteiger partial charge in [0.15, 0.2) is 5.78 Å². The molecule has 0 bridgehead atoms. The molecule has 1 aromatic rings. The molecule has 1 heterocycles. The first-order chi connectivity index (χ1) is 10.7. The van der Waals surface area contributed by atoms with Crippen LogP contribution in [0.25, 0.3) is 0 Å². The first kappa shape index (κ1) is 14.4. The number of carbonyl (C=O) groups excluding carboxylic acids is 1. The second-order valence-corrected chi connectivity index (χ2v) is 7.90. The minimum absolute atomic E-state index is 0.0656. The molecule has 1 saturated carbocycles. The van der Waals surface area contributed by atoms with Gasteiger partial charge in [-0.2, -0.15) is 0 Å². The van der Waals surface area contributed by atoms with Crippen molar-refractivity contribution in [3.8, 4) is 0 Å². The van der Waals surface area contributed by atoms with Crippen LogP contribution in [0.4, 0.5) is 0 Å². The first-order valence-corrected chi connectivity index (χ1v) is 9.04. The standard InChI is InChI=1S/C20H27NO/c1-15-13-20(19(22)18-8-3-2-7-17(15)18)9-11-21(12-10-20)14-16-5-4-6-16/h2-3,7-8,15-16H,4-6,9-14H2,1H3. The highest BCUT2D eigenvalue weighted by molar-refractivity contribution is 6.03. The van der Waals surface area contributed by atoms with Crippen molar-refractivity contribution in [1.82, 2.24) is 4.90 Å². The molecule has 2 fully saturated rings. The van der Waals surface area contributed by atoms with Crippen LogP contribution in [-0.2, 0) is 0 Å². The van der Waals surface area contributed by atoms with E-state index in [4.69, 9.17) is 0 Å². The van der Waals surface area contributed by atoms with Gasteiger partial charge in [-0.25, -0.2) is 0 Å². The van der Waals surface area contributed by atoms with Crippen molar-refractivity contribution in [2.45, 2.75) is 51.4 Å². The summed E-state index contributed by atoms with van der Waals surface area (Å²) in [6, 6.07) is 8.29. The minimum Gasteiger partial charge on any atom is -0.303 e. The molecule has 4 rings (SSSR count). The van der Waals surface area contributed by atoms with E-state index in [2.05, 4.69) is 30.0 Å². The molecule has 1 spiro atoms. The fraction of sp³-hybridized carbons (Fsp3) is 0.650. The number of hydrogen-bond acceptors (Lipinski definition) is 2. The lowest BCUT2D eigenvalue weighted by Crippen LogP contribution is -2.48. The Labute approximate surface area is 133 Å². The van der Waals surface area contributed by atoms with Gasteiger partial charge in [0.05, 0.1) is 0 Å². The summed E-state index contributed by atoms with van der Waals surface area (Å²) in [4.78, 5) is 15.7. The van der Waals surface area contributed by atoms with Crippen LogP contribution in [0.15, 0.2) is 24.3 Å². The molecule has 1 aliphatic heterocycles. The van der Waals surface area contributed by atoms with E-state index in [0.717, 1.165) is 43.8 Å². The number of hydrogen-bond donors (Lipinski definition) is 0. The van der Waals surface area contributed by atoms with Crippen molar-refractivity contribution < 1.29 is 4.79 Å². The SMILES string of the molecule is CC1CC2(CCN(CC3CCC3)CC2)C(=O)c2ccccc21. The monoisotopic (exact) mass is 297 g/mol. The number of piperidine rings is 1. The molecule has 0 aromatic heterocycles. The van der Waals surface area contributed by atoms with Gasteiger partial charge >= 0.3 is 0 Å². The molecule has 0 radical (unpaired) electrons. The third-order valence-electron chi connectivity index (χ3n) is 6.47. The average Bonchev–Trinajstić information content (AvgIpc) is 2.51. The molecule has 1 unspecified atom stereocenters. The van der Waals surface area contributed by atoms with Gasteiger partial charge in [0, 0.05) is 17.5 Å². The number of benzene rings is 1. The summed E-state index contributed by atoms with van der Waals surface area (Å²) in [7, 11) is 0. The molecule has 0 amide bonds. The Bertz CT molecular complexity index is 567. The Kier molecular flexibility index (Phi) is 3.60. The number of fused-ring (bicyclic) bond motifs is 1. The molecular formula is C20H27NO. The second kappa shape index (κ2) is 5.49. The Morgan fingerprint density at radius 2 is 1.91 bits per heavy atom. The van der Waals surface area contributed by atoms with Crippen LogP contribution in [0.5, 0.6) is 0 Å². The topological polar surface area (TPSA) is 20.3 Å². The van der Waals surface area contributed by atoms with Crippen LogP contribution in [0.1, 0.15) is 67.3 Å². The summed E-state index contributed by atoms with van der Waals surface area (Å²) in [6.07, 6.45) is 7.46. The van der Waals surface area contributed by atoms with Gasteiger partial charge in [0.25, 0.3) is 0 Å². The molecule has 1 atom stereocenters. The fourth-order valence-corrected chi connectivity index (χ4v) is 4.84. The van der Waals surface area contributed by atoms with Crippen molar-refractivity contribution in [3.63, 3.8) is 0 Å². The first-order valence-electron chi connectivity index (χ1n) is 9.04. The highest BCUT2D eigenvalue weighted by Gasteiger charge is 2.46. The highest BCUT2D eigenvalue weighted by atomic mass is 16.1. The Morgan fingerprint density at radius 3 is 2.59 bits per heavy atom. The van der Waals surface area contributed by atoms with E-state index in [9.17, 15) is 4.79 Å². The van der Waals surface area contributed by atoms with Crippen LogP contribution in [0.3, 0.4) is 0 Å². The number of rotatable bonds is 2. The number of ketones is 1. The zero-order chi connectivity index (χ0) is 15.2. The fourth-order valence-electron chi connectivity index (χ4n) is 4.84. The normalized spacial score (nSPS) is 28.4. The summed E-state index contributed by atoms with van der Waals surface area (Å²) in [5.41, 5.74) is 2.22. The summed E-state index contributed by atoms with van der Waals surface area (Å²) in [5.74, 6) is 1.90. The van der Waals surface area contributed by atoms with Crippen molar-refractivity contribution >= 4 is 5.78 Å². The van der Waals surface area contributed by atoms with E-state index in [1.165, 1.54) is 31.4 Å². The summed E-state index contributed by atoms with van der Waals surface area (Å²) >= 11 is 0. The van der Waals surface area contributed by atoms with Gasteiger partial charge < -0.3 is 4.90 Å². The zero-order valence-corrected chi connectivity index (χ0v) is 13.7. The highest BCUT2D eigenvalue weighted by Crippen LogP contribution is 2.48. The largest absolute Gasteiger partial charge is 0.303 e. The van der Waals surface area contributed by atoms with Gasteiger partial charge in [-0.3, -0.25) is 4.79 Å².